The number of nitrogens with zero attached hydrogens (tertiary/aromatic N) is 1. The fourth-order valence-electron chi connectivity index (χ4n) is 1.74. The summed E-state index contributed by atoms with van der Waals surface area (Å²) in [5.41, 5.74) is 0.251. The van der Waals surface area contributed by atoms with Crippen molar-refractivity contribution in [2.75, 3.05) is 5.32 Å². The van der Waals surface area contributed by atoms with E-state index in [4.69, 9.17) is 5.11 Å². The summed E-state index contributed by atoms with van der Waals surface area (Å²) in [7, 11) is 0. The molecule has 0 radical (unpaired) electrons. The van der Waals surface area contributed by atoms with Crippen molar-refractivity contribution in [3.63, 3.8) is 0 Å². The molecule has 21 heavy (non-hydrogen) atoms. The van der Waals surface area contributed by atoms with Crippen LogP contribution in [-0.4, -0.2) is 15.9 Å². The summed E-state index contributed by atoms with van der Waals surface area (Å²) >= 11 is 0. The molecule has 2 aromatic rings. The van der Waals surface area contributed by atoms with Gasteiger partial charge in [-0.25, -0.2) is 4.39 Å². The summed E-state index contributed by atoms with van der Waals surface area (Å²) in [5.74, 6) is -1.14. The molecule has 2 rings (SSSR count). The second kappa shape index (κ2) is 6.10. The molecule has 0 atom stereocenters. The third kappa shape index (κ3) is 3.40. The highest BCUT2D eigenvalue weighted by molar-refractivity contribution is 6.04. The number of non-ortho nitro benzene ring substituents is 1. The Kier molecular flexibility index (Phi) is 4.24. The van der Waals surface area contributed by atoms with Gasteiger partial charge in [0.1, 0.15) is 5.82 Å². The van der Waals surface area contributed by atoms with Crippen LogP contribution in [0.5, 0.6) is 0 Å². The number of hydrogen-bond acceptors (Lipinski definition) is 4. The van der Waals surface area contributed by atoms with E-state index in [1.54, 1.807) is 0 Å². The average Bonchev–Trinajstić information content (AvgIpc) is 2.49. The molecule has 0 fully saturated rings. The molecule has 0 saturated carbocycles. The van der Waals surface area contributed by atoms with Gasteiger partial charge >= 0.3 is 0 Å². The van der Waals surface area contributed by atoms with Crippen molar-refractivity contribution in [2.24, 2.45) is 0 Å². The van der Waals surface area contributed by atoms with Crippen LogP contribution in [-0.2, 0) is 6.61 Å². The molecule has 2 N–H and O–H groups in total. The number of halogens is 1. The van der Waals surface area contributed by atoms with Gasteiger partial charge < -0.3 is 10.4 Å². The van der Waals surface area contributed by atoms with E-state index in [9.17, 15) is 19.3 Å². The monoisotopic (exact) mass is 290 g/mol. The van der Waals surface area contributed by atoms with Gasteiger partial charge in [0, 0.05) is 28.9 Å². The second-order valence-electron chi connectivity index (χ2n) is 4.23. The minimum absolute atomic E-state index is 0.0480. The molecule has 0 aliphatic heterocycles. The Labute approximate surface area is 119 Å². The smallest absolute Gasteiger partial charge is 0.270 e. The molecule has 0 bridgehead atoms. The maximum Gasteiger partial charge on any atom is 0.270 e. The number of aliphatic hydroxyl groups excluding tert-OH is 1. The van der Waals surface area contributed by atoms with E-state index in [0.29, 0.717) is 0 Å². The molecule has 0 unspecified atom stereocenters. The average molecular weight is 290 g/mol. The molecular weight excluding hydrogens is 279 g/mol. The van der Waals surface area contributed by atoms with E-state index in [2.05, 4.69) is 5.32 Å². The van der Waals surface area contributed by atoms with Crippen LogP contribution < -0.4 is 5.32 Å². The molecule has 6 nitrogen and oxygen atoms in total. The first-order valence-corrected chi connectivity index (χ1v) is 5.96. The predicted molar refractivity (Wildman–Crippen MR) is 73.4 cm³/mol. The van der Waals surface area contributed by atoms with Crippen LogP contribution in [0, 0.1) is 15.9 Å². The Morgan fingerprint density at radius 3 is 2.71 bits per heavy atom. The standard InChI is InChI=1S/C14H11FN2O4/c15-13-5-4-11(6-10(13)8-18)16-14(19)9-2-1-3-12(7-9)17(20)21/h1-7,18H,8H2,(H,16,19). The molecule has 0 saturated heterocycles. The first-order valence-electron chi connectivity index (χ1n) is 5.96. The molecule has 1 amide bonds. The first-order chi connectivity index (χ1) is 10.0. The summed E-state index contributed by atoms with van der Waals surface area (Å²) in [6, 6.07) is 9.00. The predicted octanol–water partition coefficient (Wildman–Crippen LogP) is 2.48. The molecule has 2 aromatic carbocycles. The van der Waals surface area contributed by atoms with E-state index in [0.717, 1.165) is 12.1 Å². The Morgan fingerprint density at radius 2 is 2.05 bits per heavy atom. The van der Waals surface area contributed by atoms with Gasteiger partial charge in [-0.05, 0) is 24.3 Å². The van der Waals surface area contributed by atoms with E-state index >= 15 is 0 Å². The van der Waals surface area contributed by atoms with Crippen LogP contribution in [0.15, 0.2) is 42.5 Å². The van der Waals surface area contributed by atoms with Gasteiger partial charge in [-0.1, -0.05) is 6.07 Å². The number of carbonyl (C=O) groups is 1. The molecule has 0 aliphatic rings. The quantitative estimate of drug-likeness (QED) is 0.668. The van der Waals surface area contributed by atoms with E-state index in [1.165, 1.54) is 30.3 Å². The fourth-order valence-corrected chi connectivity index (χ4v) is 1.74. The third-order valence-electron chi connectivity index (χ3n) is 2.79. The summed E-state index contributed by atoms with van der Waals surface area (Å²) < 4.78 is 13.2. The Balaban J connectivity index is 2.22. The summed E-state index contributed by atoms with van der Waals surface area (Å²) in [5, 5.41) is 22.1. The van der Waals surface area contributed by atoms with Crippen molar-refractivity contribution in [1.82, 2.24) is 0 Å². The van der Waals surface area contributed by atoms with Gasteiger partial charge in [0.05, 0.1) is 11.5 Å². The number of hydrogen-bond donors (Lipinski definition) is 2. The number of aliphatic hydroxyl groups is 1. The molecule has 0 aromatic heterocycles. The second-order valence-corrected chi connectivity index (χ2v) is 4.23. The maximum atomic E-state index is 13.2. The Morgan fingerprint density at radius 1 is 1.29 bits per heavy atom. The van der Waals surface area contributed by atoms with Gasteiger partial charge in [-0.2, -0.15) is 0 Å². The van der Waals surface area contributed by atoms with Crippen LogP contribution in [0.4, 0.5) is 15.8 Å². The van der Waals surface area contributed by atoms with Crippen LogP contribution in [0.2, 0.25) is 0 Å². The van der Waals surface area contributed by atoms with Crippen molar-refractivity contribution in [3.8, 4) is 0 Å². The third-order valence-corrected chi connectivity index (χ3v) is 2.79. The van der Waals surface area contributed by atoms with Gasteiger partial charge in [-0.15, -0.1) is 0 Å². The molecule has 108 valence electrons. The lowest BCUT2D eigenvalue weighted by atomic mass is 10.1. The molecular formula is C14H11FN2O4. The highest BCUT2D eigenvalue weighted by atomic mass is 19.1. The highest BCUT2D eigenvalue weighted by Crippen LogP contribution is 2.17. The van der Waals surface area contributed by atoms with Crippen LogP contribution in [0.3, 0.4) is 0 Å². The minimum Gasteiger partial charge on any atom is -0.392 e. The number of nitrogens with one attached hydrogen (secondary N) is 1. The zero-order chi connectivity index (χ0) is 15.4. The zero-order valence-corrected chi connectivity index (χ0v) is 10.7. The zero-order valence-electron chi connectivity index (χ0n) is 10.7. The van der Waals surface area contributed by atoms with Gasteiger partial charge in [0.2, 0.25) is 0 Å². The SMILES string of the molecule is O=C(Nc1ccc(F)c(CO)c1)c1cccc([N+](=O)[O-])c1. The van der Waals surface area contributed by atoms with Crippen molar-refractivity contribution < 1.29 is 19.2 Å². The summed E-state index contributed by atoms with van der Waals surface area (Å²) in [6.45, 7) is -0.494. The molecule has 0 heterocycles. The van der Waals surface area contributed by atoms with Gasteiger partial charge in [0.25, 0.3) is 11.6 Å². The Bertz CT molecular complexity index is 703. The van der Waals surface area contributed by atoms with Crippen LogP contribution in [0.25, 0.3) is 0 Å². The van der Waals surface area contributed by atoms with E-state index in [-0.39, 0.29) is 22.5 Å². The summed E-state index contributed by atoms with van der Waals surface area (Å²) in [6.07, 6.45) is 0. The van der Waals surface area contributed by atoms with Crippen molar-refractivity contribution in [3.05, 3.63) is 69.5 Å². The Hall–Kier alpha value is -2.80. The van der Waals surface area contributed by atoms with Gasteiger partial charge in [0.15, 0.2) is 0 Å². The lowest BCUT2D eigenvalue weighted by molar-refractivity contribution is -0.384. The fraction of sp³-hybridized carbons (Fsp3) is 0.0714. The largest absolute Gasteiger partial charge is 0.392 e. The van der Waals surface area contributed by atoms with Crippen molar-refractivity contribution in [1.29, 1.82) is 0 Å². The van der Waals surface area contributed by atoms with E-state index < -0.39 is 23.3 Å². The van der Waals surface area contributed by atoms with Crippen molar-refractivity contribution >= 4 is 17.3 Å². The molecule has 0 aliphatic carbocycles. The number of rotatable bonds is 4. The lowest BCUT2D eigenvalue weighted by Crippen LogP contribution is -2.12. The number of benzene rings is 2. The molecule has 7 heteroatoms. The highest BCUT2D eigenvalue weighted by Gasteiger charge is 2.12. The lowest BCUT2D eigenvalue weighted by Gasteiger charge is -2.07. The van der Waals surface area contributed by atoms with E-state index in [1.807, 2.05) is 0 Å². The van der Waals surface area contributed by atoms with Crippen LogP contribution >= 0.6 is 0 Å². The van der Waals surface area contributed by atoms with Crippen LogP contribution in [0.1, 0.15) is 15.9 Å². The maximum absolute atomic E-state index is 13.2. The topological polar surface area (TPSA) is 92.5 Å². The number of anilines is 1. The van der Waals surface area contributed by atoms with Crippen molar-refractivity contribution in [2.45, 2.75) is 6.61 Å². The number of carbonyl (C=O) groups excluding carboxylic acids is 1. The minimum atomic E-state index is -0.599. The normalized spacial score (nSPS) is 10.2. The number of amides is 1. The number of nitro benzene ring substituents is 1. The summed E-state index contributed by atoms with van der Waals surface area (Å²) in [4.78, 5) is 22.0. The molecule has 0 spiro atoms. The number of nitro groups is 1. The first kappa shape index (κ1) is 14.6. The van der Waals surface area contributed by atoms with Gasteiger partial charge in [-0.3, -0.25) is 14.9 Å².